The molecule has 0 atom stereocenters. The molecule has 3 nitrogen and oxygen atoms in total. The van der Waals surface area contributed by atoms with Crippen LogP contribution >= 0.6 is 0 Å². The van der Waals surface area contributed by atoms with Crippen LogP contribution in [-0.4, -0.2) is 16.3 Å². The van der Waals surface area contributed by atoms with Crippen LogP contribution in [0, 0.1) is 0 Å². The first-order chi connectivity index (χ1) is 5.77. The maximum Gasteiger partial charge on any atom is 0.0624 e. The average Bonchev–Trinajstić information content (AvgIpc) is 2.43. The molecule has 3 heteroatoms. The minimum Gasteiger partial charge on any atom is -0.330 e. The zero-order valence-corrected chi connectivity index (χ0v) is 7.88. The fourth-order valence-electron chi connectivity index (χ4n) is 1.26. The van der Waals surface area contributed by atoms with Gasteiger partial charge in [-0.3, -0.25) is 4.68 Å². The predicted octanol–water partition coefficient (Wildman–Crippen LogP) is 0.874. The van der Waals surface area contributed by atoms with E-state index in [1.807, 2.05) is 11.7 Å². The molecule has 0 saturated carbocycles. The standard InChI is InChI=1S/C9H17N3/c1-3-8-7-9(5-4-6-10)12(2)11-8/h7H,3-6,10H2,1-2H3. The van der Waals surface area contributed by atoms with Gasteiger partial charge in [-0.15, -0.1) is 0 Å². The second kappa shape index (κ2) is 4.26. The molecule has 0 radical (unpaired) electrons. The number of hydrogen-bond donors (Lipinski definition) is 1. The van der Waals surface area contributed by atoms with Crippen LogP contribution in [0.25, 0.3) is 0 Å². The van der Waals surface area contributed by atoms with Crippen LogP contribution in [0.1, 0.15) is 24.7 Å². The normalized spacial score (nSPS) is 10.6. The van der Waals surface area contributed by atoms with Gasteiger partial charge in [0.25, 0.3) is 0 Å². The summed E-state index contributed by atoms with van der Waals surface area (Å²) in [5, 5.41) is 4.36. The van der Waals surface area contributed by atoms with Crippen molar-refractivity contribution in [2.24, 2.45) is 12.8 Å². The van der Waals surface area contributed by atoms with E-state index in [2.05, 4.69) is 18.1 Å². The van der Waals surface area contributed by atoms with E-state index in [1.54, 1.807) is 0 Å². The van der Waals surface area contributed by atoms with Crippen molar-refractivity contribution in [1.82, 2.24) is 9.78 Å². The van der Waals surface area contributed by atoms with Crippen molar-refractivity contribution in [3.05, 3.63) is 17.5 Å². The van der Waals surface area contributed by atoms with E-state index in [4.69, 9.17) is 5.73 Å². The fraction of sp³-hybridized carbons (Fsp3) is 0.667. The Labute approximate surface area is 73.6 Å². The fourth-order valence-corrected chi connectivity index (χ4v) is 1.26. The highest BCUT2D eigenvalue weighted by molar-refractivity contribution is 5.10. The Kier molecular flexibility index (Phi) is 3.29. The molecule has 1 aromatic rings. The third-order valence-electron chi connectivity index (χ3n) is 2.03. The summed E-state index contributed by atoms with van der Waals surface area (Å²) in [6.45, 7) is 2.88. The first kappa shape index (κ1) is 9.26. The lowest BCUT2D eigenvalue weighted by Gasteiger charge is -1.98. The number of nitrogens with zero attached hydrogens (tertiary/aromatic N) is 2. The van der Waals surface area contributed by atoms with Gasteiger partial charge in [0.2, 0.25) is 0 Å². The quantitative estimate of drug-likeness (QED) is 0.723. The van der Waals surface area contributed by atoms with Gasteiger partial charge in [-0.2, -0.15) is 5.10 Å². The van der Waals surface area contributed by atoms with E-state index in [0.29, 0.717) is 0 Å². The van der Waals surface area contributed by atoms with E-state index >= 15 is 0 Å². The van der Waals surface area contributed by atoms with E-state index < -0.39 is 0 Å². The smallest absolute Gasteiger partial charge is 0.0624 e. The van der Waals surface area contributed by atoms with Crippen LogP contribution in [0.3, 0.4) is 0 Å². The molecule has 0 spiro atoms. The van der Waals surface area contributed by atoms with Crippen molar-refractivity contribution in [3.8, 4) is 0 Å². The second-order valence-electron chi connectivity index (χ2n) is 3.00. The highest BCUT2D eigenvalue weighted by Gasteiger charge is 2.01. The predicted molar refractivity (Wildman–Crippen MR) is 50.0 cm³/mol. The molecule has 0 aliphatic heterocycles. The Morgan fingerprint density at radius 1 is 1.58 bits per heavy atom. The van der Waals surface area contributed by atoms with Gasteiger partial charge in [-0.05, 0) is 31.9 Å². The third kappa shape index (κ3) is 2.08. The van der Waals surface area contributed by atoms with Gasteiger partial charge >= 0.3 is 0 Å². The van der Waals surface area contributed by atoms with Crippen molar-refractivity contribution in [2.75, 3.05) is 6.54 Å². The summed E-state index contributed by atoms with van der Waals surface area (Å²) >= 11 is 0. The largest absolute Gasteiger partial charge is 0.330 e. The van der Waals surface area contributed by atoms with Crippen molar-refractivity contribution >= 4 is 0 Å². The molecule has 0 aromatic carbocycles. The van der Waals surface area contributed by atoms with E-state index in [-0.39, 0.29) is 0 Å². The Bertz CT molecular complexity index is 240. The topological polar surface area (TPSA) is 43.8 Å². The Balaban J connectivity index is 2.64. The highest BCUT2D eigenvalue weighted by Crippen LogP contribution is 2.05. The van der Waals surface area contributed by atoms with E-state index in [0.717, 1.165) is 25.8 Å². The van der Waals surface area contributed by atoms with Crippen LogP contribution in [0.2, 0.25) is 0 Å². The number of nitrogens with two attached hydrogens (primary N) is 1. The molecule has 1 rings (SSSR count). The first-order valence-electron chi connectivity index (χ1n) is 4.49. The molecular weight excluding hydrogens is 150 g/mol. The summed E-state index contributed by atoms with van der Waals surface area (Å²) in [5.74, 6) is 0. The van der Waals surface area contributed by atoms with Gasteiger partial charge in [0.1, 0.15) is 0 Å². The van der Waals surface area contributed by atoms with Crippen LogP contribution in [0.4, 0.5) is 0 Å². The average molecular weight is 167 g/mol. The van der Waals surface area contributed by atoms with Gasteiger partial charge in [-0.25, -0.2) is 0 Å². The molecule has 0 saturated heterocycles. The third-order valence-corrected chi connectivity index (χ3v) is 2.03. The van der Waals surface area contributed by atoms with Crippen molar-refractivity contribution in [2.45, 2.75) is 26.2 Å². The maximum absolute atomic E-state index is 5.44. The molecule has 1 aromatic heterocycles. The summed E-state index contributed by atoms with van der Waals surface area (Å²) in [6, 6.07) is 2.16. The monoisotopic (exact) mass is 167 g/mol. The van der Waals surface area contributed by atoms with Gasteiger partial charge < -0.3 is 5.73 Å². The Morgan fingerprint density at radius 2 is 2.33 bits per heavy atom. The molecule has 12 heavy (non-hydrogen) atoms. The van der Waals surface area contributed by atoms with Gasteiger partial charge in [-0.1, -0.05) is 6.92 Å². The van der Waals surface area contributed by atoms with Gasteiger partial charge in [0.15, 0.2) is 0 Å². The van der Waals surface area contributed by atoms with E-state index in [9.17, 15) is 0 Å². The maximum atomic E-state index is 5.44. The van der Waals surface area contributed by atoms with Crippen molar-refractivity contribution in [1.29, 1.82) is 0 Å². The van der Waals surface area contributed by atoms with Gasteiger partial charge in [0.05, 0.1) is 5.69 Å². The zero-order chi connectivity index (χ0) is 8.97. The second-order valence-corrected chi connectivity index (χ2v) is 3.00. The Hall–Kier alpha value is -0.830. The van der Waals surface area contributed by atoms with Crippen LogP contribution in [0.15, 0.2) is 6.07 Å². The molecule has 0 fully saturated rings. The van der Waals surface area contributed by atoms with Crippen LogP contribution < -0.4 is 5.73 Å². The molecule has 68 valence electrons. The van der Waals surface area contributed by atoms with Crippen LogP contribution in [0.5, 0.6) is 0 Å². The lowest BCUT2D eigenvalue weighted by molar-refractivity contribution is 0.678. The minimum atomic E-state index is 0.757. The SMILES string of the molecule is CCc1cc(CCCN)n(C)n1. The molecule has 0 aliphatic carbocycles. The molecule has 2 N–H and O–H groups in total. The number of aromatic nitrogens is 2. The lowest BCUT2D eigenvalue weighted by atomic mass is 10.2. The number of rotatable bonds is 4. The van der Waals surface area contributed by atoms with Crippen LogP contribution in [-0.2, 0) is 19.9 Å². The molecular formula is C9H17N3. The first-order valence-corrected chi connectivity index (χ1v) is 4.49. The van der Waals surface area contributed by atoms with Gasteiger partial charge in [0, 0.05) is 12.7 Å². The Morgan fingerprint density at radius 3 is 2.83 bits per heavy atom. The number of hydrogen-bond acceptors (Lipinski definition) is 2. The minimum absolute atomic E-state index is 0.757. The molecule has 0 aliphatic rings. The van der Waals surface area contributed by atoms with Crippen molar-refractivity contribution in [3.63, 3.8) is 0 Å². The highest BCUT2D eigenvalue weighted by atomic mass is 15.3. The van der Waals surface area contributed by atoms with Crippen molar-refractivity contribution < 1.29 is 0 Å². The van der Waals surface area contributed by atoms with E-state index in [1.165, 1.54) is 11.4 Å². The summed E-state index contributed by atoms with van der Waals surface area (Å²) in [4.78, 5) is 0. The summed E-state index contributed by atoms with van der Waals surface area (Å²) in [5.41, 5.74) is 7.90. The zero-order valence-electron chi connectivity index (χ0n) is 7.88. The lowest BCUT2D eigenvalue weighted by Crippen LogP contribution is -2.03. The molecule has 1 heterocycles. The molecule has 0 unspecified atom stereocenters. The summed E-state index contributed by atoms with van der Waals surface area (Å²) in [6.07, 6.45) is 3.10. The summed E-state index contributed by atoms with van der Waals surface area (Å²) < 4.78 is 1.95. The molecule has 0 amide bonds. The molecule has 0 bridgehead atoms. The number of aryl methyl sites for hydroxylation is 3. The summed E-state index contributed by atoms with van der Waals surface area (Å²) in [7, 11) is 1.99.